The molecular weight excluding hydrogens is 303 g/mol. The average molecular weight is 312 g/mol. The molecule has 0 saturated heterocycles. The van der Waals surface area contributed by atoms with Gasteiger partial charge in [0.2, 0.25) is 0 Å². The Bertz CT molecular complexity index is 153. The summed E-state index contributed by atoms with van der Waals surface area (Å²) in [6, 6.07) is 0. The molecule has 10 heavy (non-hydrogen) atoms. The first-order valence-corrected chi connectivity index (χ1v) is 4.16. The second-order valence-electron chi connectivity index (χ2n) is 1.45. The van der Waals surface area contributed by atoms with E-state index in [1.165, 1.54) is 6.08 Å². The van der Waals surface area contributed by atoms with Crippen LogP contribution in [-0.4, -0.2) is 4.40 Å². The summed E-state index contributed by atoms with van der Waals surface area (Å²) in [6.45, 7) is 5.10. The standard InChI is InChI=1S/C9H9.Pt/c1-3-5-7-9-8-6-4-2;/h1-9H;/q-1;/b5-3+,8-6-,9-7+;. The number of hydrogen-bond acceptors (Lipinski definition) is 0. The summed E-state index contributed by atoms with van der Waals surface area (Å²) in [5.41, 5.74) is 0. The third-order valence-electron chi connectivity index (χ3n) is 0.728. The van der Waals surface area contributed by atoms with Crippen molar-refractivity contribution in [2.45, 2.75) is 0 Å². The van der Waals surface area contributed by atoms with Crippen molar-refractivity contribution in [3.63, 3.8) is 0 Å². The van der Waals surface area contributed by atoms with E-state index in [9.17, 15) is 0 Å². The number of rotatable bonds is 4. The van der Waals surface area contributed by atoms with Crippen LogP contribution in [0.25, 0.3) is 0 Å². The molecule has 0 aromatic rings. The van der Waals surface area contributed by atoms with Crippen LogP contribution in [0.5, 0.6) is 0 Å². The van der Waals surface area contributed by atoms with Crippen molar-refractivity contribution in [2.75, 3.05) is 0 Å². The van der Waals surface area contributed by atoms with E-state index in [2.05, 4.69) is 19.4 Å². The van der Waals surface area contributed by atoms with Crippen molar-refractivity contribution in [2.24, 2.45) is 0 Å². The van der Waals surface area contributed by atoms with Crippen LogP contribution < -0.4 is 0 Å². The molecule has 56 valence electrons. The van der Waals surface area contributed by atoms with Gasteiger partial charge in [0.25, 0.3) is 0 Å². The fourth-order valence-corrected chi connectivity index (χ4v) is 0.608. The first-order valence-electron chi connectivity index (χ1n) is 2.85. The van der Waals surface area contributed by atoms with Gasteiger partial charge in [0.1, 0.15) is 0 Å². The van der Waals surface area contributed by atoms with Crippen molar-refractivity contribution in [1.82, 2.24) is 0 Å². The van der Waals surface area contributed by atoms with Gasteiger partial charge >= 0.3 is 72.9 Å². The molecular formula is C9H9Pt-. The molecule has 0 heterocycles. The first-order chi connectivity index (χ1) is 4.91. The molecule has 0 rings (SSSR count). The van der Waals surface area contributed by atoms with E-state index in [1.54, 1.807) is 6.08 Å². The Morgan fingerprint density at radius 1 is 0.800 bits per heavy atom. The zero-order valence-electron chi connectivity index (χ0n) is 5.51. The van der Waals surface area contributed by atoms with Crippen LogP contribution in [-0.2, 0) is 19.4 Å². The number of hydrogen-bond donors (Lipinski definition) is 0. The van der Waals surface area contributed by atoms with Gasteiger partial charge in [-0.25, -0.2) is 0 Å². The van der Waals surface area contributed by atoms with Crippen LogP contribution >= 0.6 is 0 Å². The molecule has 0 aromatic carbocycles. The minimum atomic E-state index is 1.50. The van der Waals surface area contributed by atoms with Gasteiger partial charge in [0.05, 0.1) is 0 Å². The van der Waals surface area contributed by atoms with Gasteiger partial charge in [-0.05, 0) is 0 Å². The predicted molar refractivity (Wildman–Crippen MR) is 42.4 cm³/mol. The van der Waals surface area contributed by atoms with E-state index in [0.717, 1.165) is 0 Å². The van der Waals surface area contributed by atoms with Gasteiger partial charge in [0.15, 0.2) is 0 Å². The molecule has 0 fully saturated rings. The van der Waals surface area contributed by atoms with E-state index in [4.69, 9.17) is 6.58 Å². The van der Waals surface area contributed by atoms with Gasteiger partial charge in [-0.1, -0.05) is 0 Å². The van der Waals surface area contributed by atoms with Crippen molar-refractivity contribution in [1.29, 1.82) is 0 Å². The summed E-state index contributed by atoms with van der Waals surface area (Å²) in [5.74, 6) is 0. The molecule has 0 aromatic heterocycles. The van der Waals surface area contributed by atoms with Crippen molar-refractivity contribution in [3.05, 3.63) is 49.1 Å². The van der Waals surface area contributed by atoms with Gasteiger partial charge < -0.3 is 0 Å². The molecule has 0 unspecified atom stereocenters. The molecule has 0 spiro atoms. The SMILES string of the molecule is [CH-]=C\C=C/C=C/C=C/[CH]=[Pt]. The summed E-state index contributed by atoms with van der Waals surface area (Å²) in [7, 11) is 0. The Morgan fingerprint density at radius 3 is 1.80 bits per heavy atom. The Kier molecular flexibility index (Phi) is 8.11. The van der Waals surface area contributed by atoms with Gasteiger partial charge in [-0.15, -0.1) is 0 Å². The van der Waals surface area contributed by atoms with Crippen LogP contribution in [0.15, 0.2) is 42.5 Å². The van der Waals surface area contributed by atoms with E-state index in [-0.39, 0.29) is 0 Å². The summed E-state index contributed by atoms with van der Waals surface area (Å²) in [4.78, 5) is 0. The Morgan fingerprint density at radius 2 is 1.30 bits per heavy atom. The van der Waals surface area contributed by atoms with E-state index < -0.39 is 0 Å². The Balaban J connectivity index is 3.55. The van der Waals surface area contributed by atoms with Crippen LogP contribution in [0.3, 0.4) is 0 Å². The van der Waals surface area contributed by atoms with Crippen molar-refractivity contribution in [3.8, 4) is 0 Å². The molecule has 0 nitrogen and oxygen atoms in total. The summed E-state index contributed by atoms with van der Waals surface area (Å²) in [6.07, 6.45) is 12.9. The molecule has 0 aliphatic rings. The molecule has 0 amide bonds. The molecule has 0 saturated carbocycles. The topological polar surface area (TPSA) is 0 Å². The van der Waals surface area contributed by atoms with Crippen LogP contribution in [0.1, 0.15) is 0 Å². The molecule has 0 aliphatic carbocycles. The third kappa shape index (κ3) is 7.52. The second-order valence-corrected chi connectivity index (χ2v) is 2.21. The summed E-state index contributed by atoms with van der Waals surface area (Å²) >= 11 is 2.15. The predicted octanol–water partition coefficient (Wildman–Crippen LogP) is 1.99. The zero-order valence-corrected chi connectivity index (χ0v) is 7.78. The van der Waals surface area contributed by atoms with Crippen LogP contribution in [0, 0.1) is 6.58 Å². The monoisotopic (exact) mass is 312 g/mol. The molecule has 0 radical (unpaired) electrons. The fraction of sp³-hybridized carbons (Fsp3) is 0. The maximum absolute atomic E-state index is 5.10. The average Bonchev–Trinajstić information content (AvgIpc) is 1.97. The first kappa shape index (κ1) is 9.52. The zero-order chi connectivity index (χ0) is 7.66. The van der Waals surface area contributed by atoms with E-state index in [0.29, 0.717) is 0 Å². The summed E-state index contributed by atoms with van der Waals surface area (Å²) < 4.78 is 1.95. The van der Waals surface area contributed by atoms with Crippen LogP contribution in [0.2, 0.25) is 0 Å². The van der Waals surface area contributed by atoms with E-state index in [1.807, 2.05) is 34.8 Å². The normalized spacial score (nSPS) is 11.8. The van der Waals surface area contributed by atoms with Gasteiger partial charge in [0, 0.05) is 0 Å². The van der Waals surface area contributed by atoms with Crippen molar-refractivity contribution < 1.29 is 19.4 Å². The van der Waals surface area contributed by atoms with Gasteiger partial charge in [-0.2, -0.15) is 0 Å². The van der Waals surface area contributed by atoms with E-state index >= 15 is 0 Å². The summed E-state index contributed by atoms with van der Waals surface area (Å²) in [5, 5.41) is 0. The Labute approximate surface area is 73.1 Å². The Hall–Kier alpha value is -0.482. The number of allylic oxidation sites excluding steroid dienone is 7. The second kappa shape index (κ2) is 8.52. The molecule has 0 aliphatic heterocycles. The van der Waals surface area contributed by atoms with Crippen molar-refractivity contribution >= 4 is 4.40 Å². The van der Waals surface area contributed by atoms with Crippen LogP contribution in [0.4, 0.5) is 0 Å². The van der Waals surface area contributed by atoms with Gasteiger partial charge in [-0.3, -0.25) is 0 Å². The minimum absolute atomic E-state index is 1.50. The molecule has 0 bridgehead atoms. The molecule has 0 N–H and O–H groups in total. The maximum atomic E-state index is 5.10. The quantitative estimate of drug-likeness (QED) is 0.550. The molecule has 1 heteroatoms. The third-order valence-corrected chi connectivity index (χ3v) is 1.16. The fourth-order valence-electron chi connectivity index (χ4n) is 0.356. The molecule has 0 atom stereocenters.